The molecule has 5 aromatic rings. The van der Waals surface area contributed by atoms with Gasteiger partial charge in [0.1, 0.15) is 0 Å². The number of hydrogen-bond donors (Lipinski definition) is 0. The lowest BCUT2D eigenvalue weighted by Crippen LogP contribution is -2.24. The molecule has 6 rings (SSSR count). The molecular formula is C29H26. The zero-order valence-electron chi connectivity index (χ0n) is 17.6. The zero-order chi connectivity index (χ0) is 20.2. The molecule has 0 spiro atoms. The van der Waals surface area contributed by atoms with Gasteiger partial charge in [-0.25, -0.2) is 0 Å². The highest BCUT2D eigenvalue weighted by atomic mass is 14.4. The molecule has 0 nitrogen and oxygen atoms in total. The van der Waals surface area contributed by atoms with Crippen LogP contribution in [0.5, 0.6) is 0 Å². The fourth-order valence-electron chi connectivity index (χ4n) is 5.21. The SMILES string of the molecule is CC.CC1(C)c2c(ccc3c2ccc2ccccc23)-c2cccc3cccc1c23. The standard InChI is InChI=1S/C27H20.C2H6/c1-27(2)24-12-6-9-18-8-5-11-21(25(18)24)23-16-15-20-19-10-4-3-7-17(19)13-14-22(20)26(23)27;1-2/h3-16H,1-2H3;1-2H3. The van der Waals surface area contributed by atoms with E-state index in [9.17, 15) is 0 Å². The third kappa shape index (κ3) is 2.39. The van der Waals surface area contributed by atoms with Gasteiger partial charge in [-0.3, -0.25) is 0 Å². The molecule has 142 valence electrons. The van der Waals surface area contributed by atoms with E-state index in [1.165, 1.54) is 54.6 Å². The summed E-state index contributed by atoms with van der Waals surface area (Å²) in [5.74, 6) is 0. The van der Waals surface area contributed by atoms with E-state index in [0.717, 1.165) is 0 Å². The number of fused-ring (bicyclic) bond motifs is 6. The molecule has 0 unspecified atom stereocenters. The first kappa shape index (κ1) is 17.9. The van der Waals surface area contributed by atoms with Crippen LogP contribution < -0.4 is 0 Å². The highest BCUT2D eigenvalue weighted by molar-refractivity contribution is 6.13. The molecule has 0 heteroatoms. The van der Waals surface area contributed by atoms with Crippen molar-refractivity contribution < 1.29 is 0 Å². The Morgan fingerprint density at radius 3 is 2.03 bits per heavy atom. The summed E-state index contributed by atoms with van der Waals surface area (Å²) in [5, 5.41) is 8.13. The third-order valence-corrected chi connectivity index (χ3v) is 6.42. The van der Waals surface area contributed by atoms with E-state index in [2.05, 4.69) is 98.8 Å². The average Bonchev–Trinajstić information content (AvgIpc) is 2.78. The fraction of sp³-hybridized carbons (Fsp3) is 0.172. The maximum Gasteiger partial charge on any atom is 0.0165 e. The minimum absolute atomic E-state index is 0.0365. The predicted octanol–water partition coefficient (Wildman–Crippen LogP) is 8.48. The van der Waals surface area contributed by atoms with Gasteiger partial charge in [-0.15, -0.1) is 0 Å². The van der Waals surface area contributed by atoms with Crippen LogP contribution in [0.25, 0.3) is 43.4 Å². The first-order valence-corrected chi connectivity index (χ1v) is 10.6. The monoisotopic (exact) mass is 374 g/mol. The van der Waals surface area contributed by atoms with Gasteiger partial charge in [0.2, 0.25) is 0 Å². The Morgan fingerprint density at radius 1 is 0.517 bits per heavy atom. The van der Waals surface area contributed by atoms with Gasteiger partial charge in [0.15, 0.2) is 0 Å². The molecule has 0 saturated heterocycles. The minimum atomic E-state index is -0.0365. The topological polar surface area (TPSA) is 0 Å². The van der Waals surface area contributed by atoms with E-state index in [4.69, 9.17) is 0 Å². The Labute approximate surface area is 172 Å². The van der Waals surface area contributed by atoms with Crippen molar-refractivity contribution in [2.24, 2.45) is 0 Å². The van der Waals surface area contributed by atoms with Crippen molar-refractivity contribution in [2.45, 2.75) is 33.1 Å². The molecule has 0 fully saturated rings. The van der Waals surface area contributed by atoms with Crippen LogP contribution in [-0.2, 0) is 5.41 Å². The Kier molecular flexibility index (Phi) is 3.99. The molecule has 0 N–H and O–H groups in total. The Hall–Kier alpha value is -3.12. The molecule has 1 aliphatic carbocycles. The molecular weight excluding hydrogens is 348 g/mol. The second-order valence-electron chi connectivity index (χ2n) is 8.20. The van der Waals surface area contributed by atoms with Crippen LogP contribution in [0.4, 0.5) is 0 Å². The van der Waals surface area contributed by atoms with Crippen molar-refractivity contribution in [2.75, 3.05) is 0 Å². The molecule has 1 aliphatic rings. The van der Waals surface area contributed by atoms with Gasteiger partial charge >= 0.3 is 0 Å². The lowest BCUT2D eigenvalue weighted by atomic mass is 9.67. The molecule has 29 heavy (non-hydrogen) atoms. The second kappa shape index (κ2) is 6.46. The van der Waals surface area contributed by atoms with E-state index in [1.54, 1.807) is 0 Å². The Bertz CT molecular complexity index is 1380. The van der Waals surface area contributed by atoms with Crippen molar-refractivity contribution in [3.63, 3.8) is 0 Å². The largest absolute Gasteiger partial charge is 0.0683 e. The highest BCUT2D eigenvalue weighted by Gasteiger charge is 2.34. The molecule has 0 aliphatic heterocycles. The molecule has 0 atom stereocenters. The lowest BCUT2D eigenvalue weighted by molar-refractivity contribution is 0.651. The second-order valence-corrected chi connectivity index (χ2v) is 8.20. The first-order chi connectivity index (χ1) is 14.2. The lowest BCUT2D eigenvalue weighted by Gasteiger charge is -2.36. The van der Waals surface area contributed by atoms with Crippen LogP contribution in [0.3, 0.4) is 0 Å². The van der Waals surface area contributed by atoms with E-state index in [1.807, 2.05) is 13.8 Å². The third-order valence-electron chi connectivity index (χ3n) is 6.42. The quantitative estimate of drug-likeness (QED) is 0.238. The number of benzene rings is 5. The summed E-state index contributed by atoms with van der Waals surface area (Å²) in [5.41, 5.74) is 5.60. The minimum Gasteiger partial charge on any atom is -0.0683 e. The molecule has 0 saturated carbocycles. The van der Waals surface area contributed by atoms with Crippen molar-refractivity contribution in [1.29, 1.82) is 0 Å². The first-order valence-electron chi connectivity index (χ1n) is 10.6. The van der Waals surface area contributed by atoms with Gasteiger partial charge in [0.25, 0.3) is 0 Å². The Morgan fingerprint density at radius 2 is 1.21 bits per heavy atom. The van der Waals surface area contributed by atoms with Crippen LogP contribution in [0.15, 0.2) is 84.9 Å². The van der Waals surface area contributed by atoms with E-state index >= 15 is 0 Å². The number of rotatable bonds is 0. The van der Waals surface area contributed by atoms with Gasteiger partial charge in [-0.1, -0.05) is 113 Å². The van der Waals surface area contributed by atoms with Crippen LogP contribution in [0, 0.1) is 0 Å². The van der Waals surface area contributed by atoms with Crippen molar-refractivity contribution in [3.05, 3.63) is 96.1 Å². The molecule has 0 amide bonds. The summed E-state index contributed by atoms with van der Waals surface area (Å²) in [7, 11) is 0. The summed E-state index contributed by atoms with van der Waals surface area (Å²) < 4.78 is 0. The van der Waals surface area contributed by atoms with Crippen LogP contribution >= 0.6 is 0 Å². The summed E-state index contributed by atoms with van der Waals surface area (Å²) in [4.78, 5) is 0. The van der Waals surface area contributed by atoms with Crippen LogP contribution in [0.2, 0.25) is 0 Å². The molecule has 0 bridgehead atoms. The smallest absolute Gasteiger partial charge is 0.0165 e. The molecule has 0 aromatic heterocycles. The molecule has 5 aromatic carbocycles. The maximum atomic E-state index is 2.38. The summed E-state index contributed by atoms with van der Waals surface area (Å²) in [6, 6.07) is 31.4. The van der Waals surface area contributed by atoms with Gasteiger partial charge < -0.3 is 0 Å². The van der Waals surface area contributed by atoms with Crippen molar-refractivity contribution >= 4 is 32.3 Å². The predicted molar refractivity (Wildman–Crippen MR) is 128 cm³/mol. The molecule has 0 radical (unpaired) electrons. The fourth-order valence-corrected chi connectivity index (χ4v) is 5.21. The van der Waals surface area contributed by atoms with Crippen LogP contribution in [-0.4, -0.2) is 0 Å². The van der Waals surface area contributed by atoms with E-state index in [0.29, 0.717) is 0 Å². The van der Waals surface area contributed by atoms with Gasteiger partial charge in [-0.05, 0) is 54.6 Å². The van der Waals surface area contributed by atoms with Crippen LogP contribution in [0.1, 0.15) is 38.8 Å². The maximum absolute atomic E-state index is 2.38. The molecule has 0 heterocycles. The normalized spacial score (nSPS) is 13.8. The highest BCUT2D eigenvalue weighted by Crippen LogP contribution is 2.51. The summed E-state index contributed by atoms with van der Waals surface area (Å²) >= 11 is 0. The van der Waals surface area contributed by atoms with Crippen molar-refractivity contribution in [1.82, 2.24) is 0 Å². The van der Waals surface area contributed by atoms with Gasteiger partial charge in [0.05, 0.1) is 0 Å². The zero-order valence-corrected chi connectivity index (χ0v) is 17.6. The van der Waals surface area contributed by atoms with E-state index in [-0.39, 0.29) is 5.41 Å². The average molecular weight is 375 g/mol. The van der Waals surface area contributed by atoms with Crippen molar-refractivity contribution in [3.8, 4) is 11.1 Å². The summed E-state index contributed by atoms with van der Waals surface area (Å²) in [6.07, 6.45) is 0. The summed E-state index contributed by atoms with van der Waals surface area (Å²) in [6.45, 7) is 8.76. The van der Waals surface area contributed by atoms with Gasteiger partial charge in [0, 0.05) is 5.41 Å². The Balaban J connectivity index is 0.000000882. The van der Waals surface area contributed by atoms with E-state index < -0.39 is 0 Å². The van der Waals surface area contributed by atoms with Gasteiger partial charge in [-0.2, -0.15) is 0 Å². The number of hydrogen-bond acceptors (Lipinski definition) is 0.